The second-order valence-electron chi connectivity index (χ2n) is 8.08. The lowest BCUT2D eigenvalue weighted by atomic mass is 9.82. The summed E-state index contributed by atoms with van der Waals surface area (Å²) in [4.78, 5) is 26.7. The van der Waals surface area contributed by atoms with Crippen molar-refractivity contribution in [2.75, 3.05) is 32.1 Å². The van der Waals surface area contributed by atoms with Crippen molar-refractivity contribution in [2.45, 2.75) is 30.8 Å². The third kappa shape index (κ3) is 4.56. The van der Waals surface area contributed by atoms with E-state index in [1.807, 2.05) is 0 Å². The number of nitrogens with one attached hydrogen (secondary N) is 1. The van der Waals surface area contributed by atoms with Crippen molar-refractivity contribution in [3.05, 3.63) is 63.4 Å². The zero-order valence-corrected chi connectivity index (χ0v) is 19.0. The summed E-state index contributed by atoms with van der Waals surface area (Å²) in [5, 5.41) is 3.45. The largest absolute Gasteiger partial charge is 0.469 e. The Morgan fingerprint density at radius 2 is 1.97 bits per heavy atom. The summed E-state index contributed by atoms with van der Waals surface area (Å²) in [5.74, 6) is -1.18. The van der Waals surface area contributed by atoms with Gasteiger partial charge in [0, 0.05) is 31.5 Å². The van der Waals surface area contributed by atoms with E-state index in [1.165, 1.54) is 19.2 Å². The van der Waals surface area contributed by atoms with Crippen LogP contribution >= 0.6 is 23.2 Å². The fourth-order valence-electron chi connectivity index (χ4n) is 4.48. The van der Waals surface area contributed by atoms with Gasteiger partial charge in [0.2, 0.25) is 0 Å². The van der Waals surface area contributed by atoms with Gasteiger partial charge in [0.15, 0.2) is 0 Å². The summed E-state index contributed by atoms with van der Waals surface area (Å²) in [6.45, 7) is 1.91. The average Bonchev–Trinajstić information content (AvgIpc) is 2.78. The fourth-order valence-corrected chi connectivity index (χ4v) is 4.79. The molecule has 0 radical (unpaired) electrons. The maximum atomic E-state index is 13.9. The highest BCUT2D eigenvalue weighted by molar-refractivity contribution is 6.42. The Hall–Kier alpha value is -2.35. The van der Waals surface area contributed by atoms with Crippen LogP contribution in [0.4, 0.5) is 14.9 Å². The predicted octanol–water partition coefficient (Wildman–Crippen LogP) is 5.33. The quantitative estimate of drug-likeness (QED) is 0.585. The second kappa shape index (κ2) is 9.25. The number of halogens is 3. The zero-order chi connectivity index (χ0) is 22.9. The van der Waals surface area contributed by atoms with Crippen LogP contribution in [0.3, 0.4) is 0 Å². The van der Waals surface area contributed by atoms with Crippen LogP contribution in [0.1, 0.15) is 36.3 Å². The Balaban J connectivity index is 1.44. The van der Waals surface area contributed by atoms with Crippen LogP contribution in [0, 0.1) is 5.82 Å². The summed E-state index contributed by atoms with van der Waals surface area (Å²) in [6.07, 6.45) is 1.08. The number of esters is 1. The lowest BCUT2D eigenvalue weighted by Crippen LogP contribution is -2.48. The summed E-state index contributed by atoms with van der Waals surface area (Å²) in [7, 11) is 1.36. The van der Waals surface area contributed by atoms with Gasteiger partial charge in [-0.3, -0.25) is 10.1 Å². The lowest BCUT2D eigenvalue weighted by molar-refractivity contribution is -0.142. The molecule has 0 saturated carbocycles. The first-order chi connectivity index (χ1) is 15.3. The topological polar surface area (TPSA) is 67.9 Å². The third-order valence-electron chi connectivity index (χ3n) is 6.23. The van der Waals surface area contributed by atoms with Crippen molar-refractivity contribution in [3.8, 4) is 0 Å². The van der Waals surface area contributed by atoms with E-state index < -0.39 is 17.6 Å². The molecule has 1 atom stereocenters. The number of methoxy groups -OCH3 is 1. The predicted molar refractivity (Wildman–Crippen MR) is 120 cm³/mol. The van der Waals surface area contributed by atoms with Gasteiger partial charge in [-0.15, -0.1) is 0 Å². The molecule has 2 aliphatic rings. The van der Waals surface area contributed by atoms with Gasteiger partial charge in [0.25, 0.3) is 0 Å². The summed E-state index contributed by atoms with van der Waals surface area (Å²) >= 11 is 12.1. The monoisotopic (exact) mass is 480 g/mol. The van der Waals surface area contributed by atoms with Crippen molar-refractivity contribution in [1.82, 2.24) is 4.90 Å². The van der Waals surface area contributed by atoms with E-state index in [0.717, 1.165) is 5.56 Å². The summed E-state index contributed by atoms with van der Waals surface area (Å²) in [6, 6.07) is 9.46. The Morgan fingerprint density at radius 1 is 1.22 bits per heavy atom. The minimum atomic E-state index is -0.846. The number of benzene rings is 2. The highest BCUT2D eigenvalue weighted by atomic mass is 35.5. The lowest BCUT2D eigenvalue weighted by Gasteiger charge is -2.44. The fraction of sp³-hybridized carbons (Fsp3) is 0.391. The number of likely N-dealkylation sites (tertiary alicyclic amines) is 1. The van der Waals surface area contributed by atoms with Crippen LogP contribution in [0.25, 0.3) is 0 Å². The zero-order valence-electron chi connectivity index (χ0n) is 17.5. The van der Waals surface area contributed by atoms with Crippen molar-refractivity contribution in [1.29, 1.82) is 0 Å². The first-order valence-electron chi connectivity index (χ1n) is 10.4. The molecular weight excluding hydrogens is 458 g/mol. The molecule has 0 aromatic heterocycles. The SMILES string of the molecule is COC(=O)C(CCN1CCC2(CC1)OC(=O)Nc1ccc(F)cc12)c1ccc(Cl)c(Cl)c1. The molecule has 0 bridgehead atoms. The van der Waals surface area contributed by atoms with E-state index in [4.69, 9.17) is 32.7 Å². The van der Waals surface area contributed by atoms with Crippen molar-refractivity contribution in [3.63, 3.8) is 0 Å². The summed E-state index contributed by atoms with van der Waals surface area (Å²) < 4.78 is 24.6. The van der Waals surface area contributed by atoms with E-state index in [9.17, 15) is 14.0 Å². The number of piperidine rings is 1. The molecule has 1 unspecified atom stereocenters. The molecule has 1 N–H and O–H groups in total. The smallest absolute Gasteiger partial charge is 0.412 e. The minimum Gasteiger partial charge on any atom is -0.469 e. The molecule has 1 amide bonds. The number of ether oxygens (including phenoxy) is 2. The van der Waals surface area contributed by atoms with E-state index >= 15 is 0 Å². The van der Waals surface area contributed by atoms with Crippen LogP contribution in [0.5, 0.6) is 0 Å². The molecular formula is C23H23Cl2FN2O4. The van der Waals surface area contributed by atoms with Gasteiger partial charge in [-0.2, -0.15) is 0 Å². The Labute approximate surface area is 195 Å². The standard InChI is InChI=1S/C23H23Cl2FN2O4/c1-31-21(29)16(14-2-4-18(24)19(25)12-14)6-9-28-10-7-23(8-11-28)17-13-15(26)3-5-20(17)27-22(30)32-23/h2-5,12-13,16H,6-11H2,1H3,(H,27,30). The summed E-state index contributed by atoms with van der Waals surface area (Å²) in [5.41, 5.74) is 1.15. The minimum absolute atomic E-state index is 0.339. The third-order valence-corrected chi connectivity index (χ3v) is 6.97. The van der Waals surface area contributed by atoms with Crippen LogP contribution < -0.4 is 5.32 Å². The number of hydrogen-bond donors (Lipinski definition) is 1. The van der Waals surface area contributed by atoms with Crippen LogP contribution in [0.15, 0.2) is 36.4 Å². The number of anilines is 1. The molecule has 1 saturated heterocycles. The molecule has 2 heterocycles. The van der Waals surface area contributed by atoms with E-state index in [1.54, 1.807) is 24.3 Å². The van der Waals surface area contributed by atoms with Crippen molar-refractivity contribution < 1.29 is 23.5 Å². The molecule has 170 valence electrons. The average molecular weight is 481 g/mol. The Bertz CT molecular complexity index is 1040. The molecule has 32 heavy (non-hydrogen) atoms. The highest BCUT2D eigenvalue weighted by Gasteiger charge is 2.44. The van der Waals surface area contributed by atoms with E-state index in [0.29, 0.717) is 60.2 Å². The van der Waals surface area contributed by atoms with Gasteiger partial charge in [0.1, 0.15) is 11.4 Å². The van der Waals surface area contributed by atoms with Gasteiger partial charge in [-0.05, 0) is 48.9 Å². The Kier molecular flexibility index (Phi) is 6.60. The number of rotatable bonds is 5. The van der Waals surface area contributed by atoms with Gasteiger partial charge >= 0.3 is 12.1 Å². The van der Waals surface area contributed by atoms with Crippen molar-refractivity contribution >= 4 is 41.0 Å². The van der Waals surface area contributed by atoms with Crippen LogP contribution in [-0.2, 0) is 19.9 Å². The Morgan fingerprint density at radius 3 is 2.66 bits per heavy atom. The van der Waals surface area contributed by atoms with Crippen molar-refractivity contribution in [2.24, 2.45) is 0 Å². The number of carbonyl (C=O) groups excluding carboxylic acids is 2. The number of fused-ring (bicyclic) bond motifs is 2. The maximum Gasteiger partial charge on any atom is 0.412 e. The molecule has 4 rings (SSSR count). The first-order valence-corrected chi connectivity index (χ1v) is 11.1. The molecule has 0 aliphatic carbocycles. The van der Waals surface area contributed by atoms with Crippen LogP contribution in [-0.4, -0.2) is 43.7 Å². The number of nitrogens with zero attached hydrogens (tertiary/aromatic N) is 1. The first kappa shape index (κ1) is 22.8. The number of hydrogen-bond acceptors (Lipinski definition) is 5. The van der Waals surface area contributed by atoms with E-state index in [2.05, 4.69) is 10.2 Å². The van der Waals surface area contributed by atoms with Gasteiger partial charge in [-0.1, -0.05) is 29.3 Å². The van der Waals surface area contributed by atoms with Gasteiger partial charge in [-0.25, -0.2) is 9.18 Å². The molecule has 2 aromatic rings. The van der Waals surface area contributed by atoms with Gasteiger partial charge < -0.3 is 14.4 Å². The molecule has 1 fully saturated rings. The molecule has 2 aromatic carbocycles. The highest BCUT2D eigenvalue weighted by Crippen LogP contribution is 2.44. The maximum absolute atomic E-state index is 13.9. The molecule has 9 heteroatoms. The second-order valence-corrected chi connectivity index (χ2v) is 8.89. The molecule has 1 spiro atoms. The van der Waals surface area contributed by atoms with Crippen LogP contribution in [0.2, 0.25) is 10.0 Å². The number of amides is 1. The van der Waals surface area contributed by atoms with Gasteiger partial charge in [0.05, 0.1) is 28.8 Å². The normalized spacial score (nSPS) is 18.4. The number of carbonyl (C=O) groups is 2. The van der Waals surface area contributed by atoms with E-state index in [-0.39, 0.29) is 11.8 Å². The molecule has 2 aliphatic heterocycles. The molecule has 6 nitrogen and oxygen atoms in total.